The Bertz CT molecular complexity index is 1030. The smallest absolute Gasteiger partial charge is 0.223 e. The van der Waals surface area contributed by atoms with E-state index in [1.165, 1.54) is 12.1 Å². The summed E-state index contributed by atoms with van der Waals surface area (Å²) < 4.78 is 18.8. The number of nitrogens with zero attached hydrogens (tertiary/aromatic N) is 2. The first-order valence-electron chi connectivity index (χ1n) is 10.8. The van der Waals surface area contributed by atoms with Crippen molar-refractivity contribution in [3.05, 3.63) is 71.9 Å². The topological polar surface area (TPSA) is 58.2 Å². The van der Waals surface area contributed by atoms with Crippen LogP contribution in [0.5, 0.6) is 5.75 Å². The lowest BCUT2D eigenvalue weighted by Gasteiger charge is -2.35. The minimum absolute atomic E-state index is 0.0772. The van der Waals surface area contributed by atoms with Crippen molar-refractivity contribution in [1.82, 2.24) is 14.9 Å². The van der Waals surface area contributed by atoms with E-state index >= 15 is 0 Å². The number of halogens is 1. The zero-order chi connectivity index (χ0) is 21.8. The fraction of sp³-hybridized carbons (Fsp3) is 0.360. The van der Waals surface area contributed by atoms with Crippen LogP contribution in [-0.4, -0.2) is 34.4 Å². The van der Waals surface area contributed by atoms with Crippen molar-refractivity contribution in [2.75, 3.05) is 13.7 Å². The van der Waals surface area contributed by atoms with Crippen LogP contribution in [0.25, 0.3) is 11.3 Å². The summed E-state index contributed by atoms with van der Waals surface area (Å²) in [6.07, 6.45) is 5.09. The summed E-state index contributed by atoms with van der Waals surface area (Å²) in [5, 5.41) is 0. The largest absolute Gasteiger partial charge is 0.497 e. The summed E-state index contributed by atoms with van der Waals surface area (Å²) in [4.78, 5) is 23.0. The Morgan fingerprint density at radius 2 is 2.06 bits per heavy atom. The number of H-pyrrole nitrogens is 1. The molecule has 0 aliphatic carbocycles. The molecule has 0 bridgehead atoms. The van der Waals surface area contributed by atoms with E-state index in [1.807, 2.05) is 35.2 Å². The molecule has 0 spiro atoms. The molecule has 1 saturated heterocycles. The number of ether oxygens (including phenoxy) is 1. The van der Waals surface area contributed by atoms with Gasteiger partial charge in [0, 0.05) is 18.5 Å². The number of rotatable bonds is 6. The lowest BCUT2D eigenvalue weighted by molar-refractivity contribution is -0.135. The maximum atomic E-state index is 13.6. The highest BCUT2D eigenvalue weighted by Gasteiger charge is 2.30. The van der Waals surface area contributed by atoms with Crippen molar-refractivity contribution in [3.63, 3.8) is 0 Å². The zero-order valence-corrected chi connectivity index (χ0v) is 18.0. The quantitative estimate of drug-likeness (QED) is 0.574. The van der Waals surface area contributed by atoms with Gasteiger partial charge in [0.25, 0.3) is 0 Å². The van der Waals surface area contributed by atoms with Crippen LogP contribution < -0.4 is 4.74 Å². The zero-order valence-electron chi connectivity index (χ0n) is 18.0. The number of aromatic nitrogens is 2. The van der Waals surface area contributed by atoms with Crippen LogP contribution in [0.4, 0.5) is 4.39 Å². The van der Waals surface area contributed by atoms with Crippen LogP contribution >= 0.6 is 0 Å². The van der Waals surface area contributed by atoms with E-state index < -0.39 is 0 Å². The van der Waals surface area contributed by atoms with Crippen molar-refractivity contribution in [3.8, 4) is 17.0 Å². The van der Waals surface area contributed by atoms with Crippen LogP contribution in [-0.2, 0) is 4.79 Å². The predicted molar refractivity (Wildman–Crippen MR) is 118 cm³/mol. The lowest BCUT2D eigenvalue weighted by Crippen LogP contribution is -2.39. The lowest BCUT2D eigenvalue weighted by atomic mass is 9.95. The van der Waals surface area contributed by atoms with Crippen molar-refractivity contribution in [1.29, 1.82) is 0 Å². The molecule has 3 aromatic rings. The third-order valence-corrected chi connectivity index (χ3v) is 6.04. The molecule has 4 rings (SSSR count). The van der Waals surface area contributed by atoms with Crippen LogP contribution in [0, 0.1) is 5.82 Å². The molecule has 0 saturated carbocycles. The molecule has 2 heterocycles. The molecule has 31 heavy (non-hydrogen) atoms. The minimum atomic E-state index is -0.282. The Hall–Kier alpha value is -3.15. The summed E-state index contributed by atoms with van der Waals surface area (Å²) in [5.74, 6) is 1.54. The number of aromatic amines is 1. The third kappa shape index (κ3) is 4.79. The molecule has 1 fully saturated rings. The molecule has 1 N–H and O–H groups in total. The molecule has 2 aromatic carbocycles. The summed E-state index contributed by atoms with van der Waals surface area (Å²) in [6, 6.07) is 14.2. The fourth-order valence-electron chi connectivity index (χ4n) is 4.25. The second-order valence-electron chi connectivity index (χ2n) is 8.17. The van der Waals surface area contributed by atoms with Crippen LogP contribution in [0.3, 0.4) is 0 Å². The van der Waals surface area contributed by atoms with Gasteiger partial charge in [-0.3, -0.25) is 4.79 Å². The van der Waals surface area contributed by atoms with E-state index in [-0.39, 0.29) is 23.7 Å². The maximum Gasteiger partial charge on any atom is 0.223 e. The Morgan fingerprint density at radius 3 is 2.81 bits per heavy atom. The van der Waals surface area contributed by atoms with Gasteiger partial charge in [-0.25, -0.2) is 9.37 Å². The van der Waals surface area contributed by atoms with E-state index in [0.717, 1.165) is 54.2 Å². The van der Waals surface area contributed by atoms with E-state index in [9.17, 15) is 9.18 Å². The summed E-state index contributed by atoms with van der Waals surface area (Å²) in [6.45, 7) is 2.81. The fourth-order valence-corrected chi connectivity index (χ4v) is 4.25. The summed E-state index contributed by atoms with van der Waals surface area (Å²) >= 11 is 0. The van der Waals surface area contributed by atoms with Gasteiger partial charge in [0.2, 0.25) is 5.91 Å². The Balaban J connectivity index is 1.48. The van der Waals surface area contributed by atoms with E-state index in [4.69, 9.17) is 4.74 Å². The molecule has 1 aromatic heterocycles. The minimum Gasteiger partial charge on any atom is -0.497 e. The van der Waals surface area contributed by atoms with Crippen molar-refractivity contribution >= 4 is 5.91 Å². The second kappa shape index (κ2) is 9.33. The van der Waals surface area contributed by atoms with E-state index in [1.54, 1.807) is 19.4 Å². The SMILES string of the molecule is COc1ccc(C(C)CC(=O)N2CCCCC2c2ncc(-c3cccc(F)c3)[nH]2)cc1. The van der Waals surface area contributed by atoms with Crippen molar-refractivity contribution in [2.45, 2.75) is 44.6 Å². The van der Waals surface area contributed by atoms with Gasteiger partial charge in [-0.15, -0.1) is 0 Å². The first-order chi connectivity index (χ1) is 15.0. The Morgan fingerprint density at radius 1 is 1.26 bits per heavy atom. The number of carbonyl (C=O) groups excluding carboxylic acids is 1. The van der Waals surface area contributed by atoms with Crippen molar-refractivity contribution < 1.29 is 13.9 Å². The monoisotopic (exact) mass is 421 g/mol. The van der Waals surface area contributed by atoms with Gasteiger partial charge in [0.1, 0.15) is 17.4 Å². The van der Waals surface area contributed by atoms with E-state index in [2.05, 4.69) is 16.9 Å². The Kier molecular flexibility index (Phi) is 6.35. The Labute approximate surface area is 182 Å². The van der Waals surface area contributed by atoms with Gasteiger partial charge in [0.05, 0.1) is 25.0 Å². The number of hydrogen-bond acceptors (Lipinski definition) is 3. The molecule has 5 nitrogen and oxygen atoms in total. The number of amides is 1. The second-order valence-corrected chi connectivity index (χ2v) is 8.17. The molecule has 6 heteroatoms. The van der Waals surface area contributed by atoms with Gasteiger partial charge >= 0.3 is 0 Å². The molecule has 1 aliphatic heterocycles. The standard InChI is InChI=1S/C25H28FN3O2/c1-17(18-9-11-21(31-2)12-10-18)14-24(30)29-13-4-3-8-23(29)25-27-16-22(28-25)19-6-5-7-20(26)15-19/h5-7,9-12,15-17,23H,3-4,8,13-14H2,1-2H3,(H,27,28). The number of nitrogens with one attached hydrogen (secondary N) is 1. The molecule has 1 aliphatic rings. The molecule has 2 atom stereocenters. The average molecular weight is 422 g/mol. The molecular weight excluding hydrogens is 393 g/mol. The highest BCUT2D eigenvalue weighted by molar-refractivity contribution is 5.77. The van der Waals surface area contributed by atoms with Gasteiger partial charge < -0.3 is 14.6 Å². The van der Waals surface area contributed by atoms with Crippen LogP contribution in [0.2, 0.25) is 0 Å². The summed E-state index contributed by atoms with van der Waals surface area (Å²) in [5.41, 5.74) is 2.63. The molecule has 162 valence electrons. The highest BCUT2D eigenvalue weighted by Crippen LogP contribution is 2.33. The summed E-state index contributed by atoms with van der Waals surface area (Å²) in [7, 11) is 1.65. The normalized spacial score (nSPS) is 17.4. The number of likely N-dealkylation sites (tertiary alicyclic amines) is 1. The van der Waals surface area contributed by atoms with Crippen LogP contribution in [0.15, 0.2) is 54.7 Å². The highest BCUT2D eigenvalue weighted by atomic mass is 19.1. The predicted octanol–water partition coefficient (Wildman–Crippen LogP) is 5.47. The molecule has 1 amide bonds. The van der Waals surface area contributed by atoms with Gasteiger partial charge in [-0.05, 0) is 55.0 Å². The number of hydrogen-bond donors (Lipinski definition) is 1. The number of benzene rings is 2. The van der Waals surface area contributed by atoms with Gasteiger partial charge in [-0.2, -0.15) is 0 Å². The van der Waals surface area contributed by atoms with Crippen molar-refractivity contribution in [2.24, 2.45) is 0 Å². The van der Waals surface area contributed by atoms with E-state index in [0.29, 0.717) is 6.42 Å². The molecular formula is C25H28FN3O2. The maximum absolute atomic E-state index is 13.6. The molecule has 2 unspecified atom stereocenters. The van der Waals surface area contributed by atoms with Gasteiger partial charge in [0.15, 0.2) is 0 Å². The van der Waals surface area contributed by atoms with Gasteiger partial charge in [-0.1, -0.05) is 31.2 Å². The van der Waals surface area contributed by atoms with Crippen LogP contribution in [0.1, 0.15) is 56.0 Å². The average Bonchev–Trinajstić information content (AvgIpc) is 3.29. The number of carbonyl (C=O) groups is 1. The first-order valence-corrected chi connectivity index (χ1v) is 10.8. The third-order valence-electron chi connectivity index (χ3n) is 6.04. The number of piperidine rings is 1. The molecule has 0 radical (unpaired) electrons. The number of imidazole rings is 1. The first kappa shape index (κ1) is 21.1. The number of methoxy groups -OCH3 is 1.